The van der Waals surface area contributed by atoms with Gasteiger partial charge in [-0.25, -0.2) is 0 Å². The van der Waals surface area contributed by atoms with E-state index in [-0.39, 0.29) is 0 Å². The summed E-state index contributed by atoms with van der Waals surface area (Å²) in [7, 11) is 1.70. The second kappa shape index (κ2) is 54.9. The predicted octanol–water partition coefficient (Wildman–Crippen LogP) is 22.8. The monoisotopic (exact) mass is 1050 g/mol. The van der Waals surface area contributed by atoms with Crippen LogP contribution >= 0.6 is 0 Å². The number of hydroxylamine groups is 1. The number of benzene rings is 2. The minimum absolute atomic E-state index is 0.403. The zero-order valence-corrected chi connectivity index (χ0v) is 50.5. The van der Waals surface area contributed by atoms with Crippen LogP contribution < -0.4 is 24.4 Å². The molecule has 0 saturated carbocycles. The highest BCUT2D eigenvalue weighted by atomic mass is 16.6. The van der Waals surface area contributed by atoms with Gasteiger partial charge in [0.1, 0.15) is 5.75 Å². The van der Waals surface area contributed by atoms with E-state index in [1.165, 1.54) is 289 Å². The Bertz CT molecular complexity index is 1390. The lowest BCUT2D eigenvalue weighted by Gasteiger charge is -2.19. The molecule has 0 amide bonds. The van der Waals surface area contributed by atoms with Gasteiger partial charge in [-0.3, -0.25) is 4.84 Å². The molecule has 0 bridgehead atoms. The second-order valence-corrected chi connectivity index (χ2v) is 22.8. The number of hydrogen-bond acceptors (Lipinski definition) is 6. The summed E-state index contributed by atoms with van der Waals surface area (Å²) in [5.74, 6) is 3.23. The fourth-order valence-corrected chi connectivity index (χ4v) is 10.6. The normalized spacial score (nSPS) is 11.5. The molecule has 75 heavy (non-hydrogen) atoms. The Morgan fingerprint density at radius 2 is 0.573 bits per heavy atom. The van der Waals surface area contributed by atoms with Crippen LogP contribution in [0.25, 0.3) is 0 Å². The van der Waals surface area contributed by atoms with E-state index in [9.17, 15) is 0 Å². The molecule has 0 aliphatic rings. The molecule has 2 rings (SSSR count). The topological polar surface area (TPSA) is 58.2 Å². The van der Waals surface area contributed by atoms with E-state index in [1.807, 2.05) is 12.1 Å². The molecule has 0 saturated heterocycles. The molecule has 1 N–H and O–H groups in total. The van der Waals surface area contributed by atoms with Gasteiger partial charge >= 0.3 is 0 Å². The lowest BCUT2D eigenvalue weighted by molar-refractivity contribution is 0.0232. The van der Waals surface area contributed by atoms with Crippen LogP contribution in [0.2, 0.25) is 0 Å². The van der Waals surface area contributed by atoms with E-state index in [2.05, 4.69) is 50.5 Å². The quantitative estimate of drug-likeness (QED) is 0.0526. The Balaban J connectivity index is 1.89. The zero-order valence-electron chi connectivity index (χ0n) is 50.5. The lowest BCUT2D eigenvalue weighted by Crippen LogP contribution is -2.14. The van der Waals surface area contributed by atoms with Crippen LogP contribution in [0.5, 0.6) is 23.0 Å². The van der Waals surface area contributed by atoms with Crippen LogP contribution in [-0.4, -0.2) is 26.9 Å². The van der Waals surface area contributed by atoms with Crippen molar-refractivity contribution < 1.29 is 23.8 Å². The molecule has 6 heteroatoms. The van der Waals surface area contributed by atoms with Crippen molar-refractivity contribution in [3.05, 3.63) is 47.5 Å². The van der Waals surface area contributed by atoms with Gasteiger partial charge in [0.15, 0.2) is 11.5 Å². The molecule has 2 aromatic carbocycles. The van der Waals surface area contributed by atoms with Crippen molar-refractivity contribution in [3.63, 3.8) is 0 Å². The number of unbranched alkanes of at least 4 members (excludes halogenated alkanes) is 45. The van der Waals surface area contributed by atoms with Crippen molar-refractivity contribution in [3.8, 4) is 23.0 Å². The molecule has 0 radical (unpaired) electrons. The van der Waals surface area contributed by atoms with Crippen LogP contribution in [0.4, 0.5) is 0 Å². The fraction of sp³-hybridized carbons (Fsp3) is 0.826. The van der Waals surface area contributed by atoms with Gasteiger partial charge in [0.25, 0.3) is 0 Å². The first kappa shape index (κ1) is 68.7. The van der Waals surface area contributed by atoms with E-state index in [1.54, 1.807) is 7.11 Å². The lowest BCUT2D eigenvalue weighted by atomic mass is 10.0. The van der Waals surface area contributed by atoms with Gasteiger partial charge in [0.05, 0.1) is 33.5 Å². The summed E-state index contributed by atoms with van der Waals surface area (Å²) < 4.78 is 25.4. The van der Waals surface area contributed by atoms with Gasteiger partial charge < -0.3 is 18.9 Å². The number of rotatable bonds is 60. The van der Waals surface area contributed by atoms with Crippen molar-refractivity contribution in [1.29, 1.82) is 0 Å². The molecule has 0 aromatic heterocycles. The van der Waals surface area contributed by atoms with Crippen molar-refractivity contribution in [2.24, 2.45) is 0 Å². The van der Waals surface area contributed by atoms with E-state index >= 15 is 0 Å². The molecule has 0 aliphatic heterocycles. The number of ether oxygens (including phenoxy) is 4. The van der Waals surface area contributed by atoms with Crippen LogP contribution in [0.15, 0.2) is 36.4 Å². The first-order chi connectivity index (χ1) is 37.2. The third-order valence-corrected chi connectivity index (χ3v) is 15.6. The molecule has 0 fully saturated rings. The maximum Gasteiger partial charge on any atom is 0.203 e. The van der Waals surface area contributed by atoms with E-state index in [4.69, 9.17) is 23.8 Å². The van der Waals surface area contributed by atoms with Crippen LogP contribution in [-0.2, 0) is 18.0 Å². The largest absolute Gasteiger partial charge is 0.497 e. The zero-order chi connectivity index (χ0) is 53.4. The second-order valence-electron chi connectivity index (χ2n) is 22.8. The summed E-state index contributed by atoms with van der Waals surface area (Å²) in [4.78, 5) is 6.07. The average molecular weight is 1050 g/mol. The third-order valence-electron chi connectivity index (χ3n) is 15.6. The third kappa shape index (κ3) is 43.2. The van der Waals surface area contributed by atoms with Crippen molar-refractivity contribution in [1.82, 2.24) is 5.48 Å². The molecule has 0 atom stereocenters. The first-order valence-corrected chi connectivity index (χ1v) is 33.2. The van der Waals surface area contributed by atoms with Crippen molar-refractivity contribution in [2.45, 2.75) is 342 Å². The standard InChI is InChI=1S/C69H125NO5/c1-5-8-11-14-17-20-23-26-29-32-35-38-41-44-47-50-57-72-67-60-65(63-75-70-62-64-53-55-66(71-4)56-54-64)61-68(73-58-51-48-45-42-39-36-33-30-27-24-21-18-15-12-9-6-2)69(67)74-59-52-49-46-43-40-37-34-31-28-25-22-19-16-13-10-7-3/h53-56,60-61,70H,5-52,57-59,62-63H2,1-4H3. The van der Waals surface area contributed by atoms with Crippen LogP contribution in [0.3, 0.4) is 0 Å². The summed E-state index contributed by atoms with van der Waals surface area (Å²) in [6.07, 6.45) is 65.4. The van der Waals surface area contributed by atoms with E-state index < -0.39 is 0 Å². The smallest absolute Gasteiger partial charge is 0.203 e. The predicted molar refractivity (Wildman–Crippen MR) is 326 cm³/mol. The number of methoxy groups -OCH3 is 1. The maximum atomic E-state index is 6.70. The van der Waals surface area contributed by atoms with Crippen molar-refractivity contribution >= 4 is 0 Å². The number of hydrogen-bond donors (Lipinski definition) is 1. The average Bonchev–Trinajstić information content (AvgIpc) is 3.43. The van der Waals surface area contributed by atoms with E-state index in [0.29, 0.717) is 33.0 Å². The fourth-order valence-electron chi connectivity index (χ4n) is 10.6. The highest BCUT2D eigenvalue weighted by Gasteiger charge is 2.17. The van der Waals surface area contributed by atoms with Gasteiger partial charge in [-0.15, -0.1) is 0 Å². The minimum atomic E-state index is 0.403. The highest BCUT2D eigenvalue weighted by Crippen LogP contribution is 2.40. The summed E-state index contributed by atoms with van der Waals surface area (Å²) in [6, 6.07) is 12.4. The van der Waals surface area contributed by atoms with Gasteiger partial charge in [0.2, 0.25) is 5.75 Å². The molecular weight excluding hydrogens is 923 g/mol. The highest BCUT2D eigenvalue weighted by molar-refractivity contribution is 5.54. The maximum absolute atomic E-state index is 6.70. The first-order valence-electron chi connectivity index (χ1n) is 33.2. The summed E-state index contributed by atoms with van der Waals surface area (Å²) >= 11 is 0. The molecule has 6 nitrogen and oxygen atoms in total. The Morgan fingerprint density at radius 3 is 0.853 bits per heavy atom. The Hall–Kier alpha value is -2.44. The molecule has 2 aromatic rings. The molecule has 436 valence electrons. The summed E-state index contributed by atoms with van der Waals surface area (Å²) in [6.45, 7) is 9.98. The van der Waals surface area contributed by atoms with E-state index in [0.717, 1.165) is 53.4 Å². The number of nitrogens with one attached hydrogen (secondary N) is 1. The van der Waals surface area contributed by atoms with Crippen LogP contribution in [0.1, 0.15) is 340 Å². The van der Waals surface area contributed by atoms with Gasteiger partial charge in [-0.2, -0.15) is 5.48 Å². The molecule has 0 spiro atoms. The molecule has 0 unspecified atom stereocenters. The minimum Gasteiger partial charge on any atom is -0.497 e. The van der Waals surface area contributed by atoms with Crippen molar-refractivity contribution in [2.75, 3.05) is 26.9 Å². The van der Waals surface area contributed by atoms with Crippen LogP contribution in [0, 0.1) is 0 Å². The van der Waals surface area contributed by atoms with Gasteiger partial charge in [0, 0.05) is 6.54 Å². The molecule has 0 heterocycles. The Labute approximate surface area is 466 Å². The Kier molecular flexibility index (Phi) is 50.3. The SMILES string of the molecule is CCCCCCCCCCCCCCCCCCOc1cc(CONCc2ccc(OC)cc2)cc(OCCCCCCCCCCCCCCCCCC)c1OCCCCCCCCCCCCCCCCCC. The van der Waals surface area contributed by atoms with Gasteiger partial charge in [-0.05, 0) is 54.7 Å². The summed E-state index contributed by atoms with van der Waals surface area (Å²) in [5, 5.41) is 0. The summed E-state index contributed by atoms with van der Waals surface area (Å²) in [5.41, 5.74) is 5.34. The molecular formula is C69H125NO5. The van der Waals surface area contributed by atoms with Gasteiger partial charge in [-0.1, -0.05) is 322 Å². The Morgan fingerprint density at radius 1 is 0.307 bits per heavy atom. The molecule has 0 aliphatic carbocycles.